The molecule has 2 aromatic carbocycles. The van der Waals surface area contributed by atoms with E-state index in [1.165, 1.54) is 6.07 Å². The maximum Gasteiger partial charge on any atom is 0.234 e. The van der Waals surface area contributed by atoms with Crippen molar-refractivity contribution >= 4 is 5.91 Å². The first-order valence-electron chi connectivity index (χ1n) is 7.40. The predicted octanol–water partition coefficient (Wildman–Crippen LogP) is 2.58. The maximum atomic E-state index is 13.5. The van der Waals surface area contributed by atoms with Crippen molar-refractivity contribution in [3.05, 3.63) is 65.5 Å². The Hall–Kier alpha value is -2.40. The molecule has 0 bridgehead atoms. The number of methoxy groups -OCH3 is 1. The molecule has 23 heavy (non-hydrogen) atoms. The van der Waals surface area contributed by atoms with Gasteiger partial charge in [0.15, 0.2) is 0 Å². The molecule has 5 heteroatoms. The van der Waals surface area contributed by atoms with E-state index >= 15 is 0 Å². The summed E-state index contributed by atoms with van der Waals surface area (Å²) in [5, 5.41) is 2.73. The second kappa shape index (κ2) is 8.29. The van der Waals surface area contributed by atoms with Gasteiger partial charge in [-0.05, 0) is 30.8 Å². The molecule has 0 saturated heterocycles. The Morgan fingerprint density at radius 2 is 2.00 bits per heavy atom. The van der Waals surface area contributed by atoms with Crippen LogP contribution >= 0.6 is 0 Å². The number of benzene rings is 2. The normalized spacial score (nSPS) is 10.6. The Kier molecular flexibility index (Phi) is 6.11. The van der Waals surface area contributed by atoms with Gasteiger partial charge in [0.1, 0.15) is 11.6 Å². The van der Waals surface area contributed by atoms with Gasteiger partial charge in [-0.2, -0.15) is 0 Å². The molecule has 1 amide bonds. The van der Waals surface area contributed by atoms with Gasteiger partial charge in [0.05, 0.1) is 13.7 Å². The Bertz CT molecular complexity index is 661. The number of amides is 1. The van der Waals surface area contributed by atoms with Crippen LogP contribution in [0.3, 0.4) is 0 Å². The summed E-state index contributed by atoms with van der Waals surface area (Å²) in [6.45, 7) is 1.06. The van der Waals surface area contributed by atoms with Gasteiger partial charge >= 0.3 is 0 Å². The monoisotopic (exact) mass is 316 g/mol. The number of ether oxygens (including phenoxy) is 1. The van der Waals surface area contributed by atoms with Crippen molar-refractivity contribution in [1.82, 2.24) is 10.2 Å². The third-order valence-corrected chi connectivity index (χ3v) is 3.43. The molecule has 2 aromatic rings. The average Bonchev–Trinajstić information content (AvgIpc) is 2.54. The molecule has 122 valence electrons. The third-order valence-electron chi connectivity index (χ3n) is 3.43. The highest BCUT2D eigenvalue weighted by Crippen LogP contribution is 2.13. The summed E-state index contributed by atoms with van der Waals surface area (Å²) in [6, 6.07) is 14.1. The third kappa shape index (κ3) is 5.38. The molecule has 0 heterocycles. The highest BCUT2D eigenvalue weighted by molar-refractivity contribution is 5.77. The Morgan fingerprint density at radius 1 is 1.22 bits per heavy atom. The van der Waals surface area contributed by atoms with Crippen LogP contribution in [0.2, 0.25) is 0 Å². The van der Waals surface area contributed by atoms with Gasteiger partial charge in [-0.15, -0.1) is 0 Å². The molecule has 0 aromatic heterocycles. The number of hydrogen-bond acceptors (Lipinski definition) is 3. The van der Waals surface area contributed by atoms with Gasteiger partial charge in [0.25, 0.3) is 0 Å². The van der Waals surface area contributed by atoms with Crippen molar-refractivity contribution in [3.8, 4) is 5.75 Å². The number of likely N-dealkylation sites (N-methyl/N-ethyl adjacent to an activating group) is 1. The highest BCUT2D eigenvalue weighted by Gasteiger charge is 2.08. The fourth-order valence-corrected chi connectivity index (χ4v) is 2.28. The van der Waals surface area contributed by atoms with E-state index in [0.717, 1.165) is 11.3 Å². The van der Waals surface area contributed by atoms with Gasteiger partial charge in [-0.3, -0.25) is 9.69 Å². The number of halogens is 1. The smallest absolute Gasteiger partial charge is 0.234 e. The lowest BCUT2D eigenvalue weighted by Crippen LogP contribution is -2.34. The van der Waals surface area contributed by atoms with E-state index in [1.807, 2.05) is 36.2 Å². The molecular formula is C18H21FN2O2. The van der Waals surface area contributed by atoms with Crippen molar-refractivity contribution in [2.75, 3.05) is 20.7 Å². The molecule has 0 radical (unpaired) electrons. The topological polar surface area (TPSA) is 41.6 Å². The number of rotatable bonds is 7. The molecular weight excluding hydrogens is 295 g/mol. The average molecular weight is 316 g/mol. The van der Waals surface area contributed by atoms with Crippen LogP contribution in [0.15, 0.2) is 48.5 Å². The second-order valence-electron chi connectivity index (χ2n) is 5.39. The van der Waals surface area contributed by atoms with Crippen molar-refractivity contribution in [3.63, 3.8) is 0 Å². The van der Waals surface area contributed by atoms with Gasteiger partial charge in [-0.25, -0.2) is 4.39 Å². The molecule has 0 aliphatic carbocycles. The maximum absolute atomic E-state index is 13.5. The number of nitrogens with one attached hydrogen (secondary N) is 1. The van der Waals surface area contributed by atoms with Gasteiger partial charge in [-0.1, -0.05) is 30.3 Å². The minimum atomic E-state index is -0.308. The van der Waals surface area contributed by atoms with E-state index in [2.05, 4.69) is 5.32 Å². The summed E-state index contributed by atoms with van der Waals surface area (Å²) in [4.78, 5) is 13.8. The number of hydrogen-bond donors (Lipinski definition) is 1. The lowest BCUT2D eigenvalue weighted by Gasteiger charge is -2.17. The standard InChI is InChI=1S/C18H21FN2O2/c1-21(12-14-6-5-8-16(10-14)23-2)13-18(22)20-11-15-7-3-4-9-17(15)19/h3-10H,11-13H2,1-2H3,(H,20,22). The zero-order chi connectivity index (χ0) is 16.7. The first-order valence-corrected chi connectivity index (χ1v) is 7.40. The first kappa shape index (κ1) is 17.0. The number of carbonyl (C=O) groups excluding carboxylic acids is 1. The van der Waals surface area contributed by atoms with Crippen LogP contribution in [0.25, 0.3) is 0 Å². The summed E-state index contributed by atoms with van der Waals surface area (Å²) in [5.74, 6) is 0.344. The summed E-state index contributed by atoms with van der Waals surface area (Å²) in [6.07, 6.45) is 0. The molecule has 0 saturated carbocycles. The summed E-state index contributed by atoms with van der Waals surface area (Å²) < 4.78 is 18.7. The summed E-state index contributed by atoms with van der Waals surface area (Å²) >= 11 is 0. The highest BCUT2D eigenvalue weighted by atomic mass is 19.1. The number of nitrogens with zero attached hydrogens (tertiary/aromatic N) is 1. The van der Waals surface area contributed by atoms with Crippen molar-refractivity contribution in [1.29, 1.82) is 0 Å². The van der Waals surface area contributed by atoms with Crippen LogP contribution in [0.5, 0.6) is 5.75 Å². The number of carbonyl (C=O) groups is 1. The van der Waals surface area contributed by atoms with E-state index in [0.29, 0.717) is 12.1 Å². The van der Waals surface area contributed by atoms with Crippen LogP contribution in [0.1, 0.15) is 11.1 Å². The lowest BCUT2D eigenvalue weighted by atomic mass is 10.2. The minimum Gasteiger partial charge on any atom is -0.497 e. The van der Waals surface area contributed by atoms with Crippen LogP contribution in [0.4, 0.5) is 4.39 Å². The van der Waals surface area contributed by atoms with Crippen LogP contribution in [0, 0.1) is 5.82 Å². The largest absolute Gasteiger partial charge is 0.497 e. The SMILES string of the molecule is COc1cccc(CN(C)CC(=O)NCc2ccccc2F)c1. The molecule has 0 unspecified atom stereocenters. The van der Waals surface area contributed by atoms with E-state index < -0.39 is 0 Å². The van der Waals surface area contributed by atoms with Gasteiger partial charge < -0.3 is 10.1 Å². The molecule has 0 aliphatic heterocycles. The molecule has 0 fully saturated rings. The fraction of sp³-hybridized carbons (Fsp3) is 0.278. The quantitative estimate of drug-likeness (QED) is 0.854. The Balaban J connectivity index is 1.81. The first-order chi connectivity index (χ1) is 11.1. The van der Waals surface area contributed by atoms with E-state index in [9.17, 15) is 9.18 Å². The predicted molar refractivity (Wildman–Crippen MR) is 87.6 cm³/mol. The lowest BCUT2D eigenvalue weighted by molar-refractivity contribution is -0.122. The van der Waals surface area contributed by atoms with Gasteiger partial charge in [0, 0.05) is 18.7 Å². The summed E-state index contributed by atoms with van der Waals surface area (Å²) in [7, 11) is 3.49. The van der Waals surface area contributed by atoms with Crippen molar-refractivity contribution in [2.24, 2.45) is 0 Å². The molecule has 4 nitrogen and oxygen atoms in total. The second-order valence-corrected chi connectivity index (χ2v) is 5.39. The van der Waals surface area contributed by atoms with E-state index in [-0.39, 0.29) is 24.8 Å². The van der Waals surface area contributed by atoms with Crippen LogP contribution < -0.4 is 10.1 Å². The fourth-order valence-electron chi connectivity index (χ4n) is 2.28. The van der Waals surface area contributed by atoms with E-state index in [1.54, 1.807) is 25.3 Å². The molecule has 0 aliphatic rings. The minimum absolute atomic E-state index is 0.140. The van der Waals surface area contributed by atoms with Crippen LogP contribution in [-0.4, -0.2) is 31.5 Å². The Morgan fingerprint density at radius 3 is 2.74 bits per heavy atom. The molecule has 0 atom stereocenters. The summed E-state index contributed by atoms with van der Waals surface area (Å²) in [5.41, 5.74) is 1.55. The molecule has 1 N–H and O–H groups in total. The Labute approximate surface area is 135 Å². The zero-order valence-corrected chi connectivity index (χ0v) is 13.4. The van der Waals surface area contributed by atoms with Crippen LogP contribution in [-0.2, 0) is 17.9 Å². The zero-order valence-electron chi connectivity index (χ0n) is 13.4. The van der Waals surface area contributed by atoms with Gasteiger partial charge in [0.2, 0.25) is 5.91 Å². The molecule has 2 rings (SSSR count). The van der Waals surface area contributed by atoms with Crippen molar-refractivity contribution in [2.45, 2.75) is 13.1 Å². The van der Waals surface area contributed by atoms with Crippen molar-refractivity contribution < 1.29 is 13.9 Å². The molecule has 0 spiro atoms. The van der Waals surface area contributed by atoms with E-state index in [4.69, 9.17) is 4.74 Å².